The summed E-state index contributed by atoms with van der Waals surface area (Å²) in [6.45, 7) is 2.03. The van der Waals surface area contributed by atoms with E-state index in [9.17, 15) is 4.79 Å². The first-order valence-corrected chi connectivity index (χ1v) is 12.9. The molecule has 1 heterocycles. The van der Waals surface area contributed by atoms with Crippen LogP contribution in [0.1, 0.15) is 43.7 Å². The first-order chi connectivity index (χ1) is 13.6. The van der Waals surface area contributed by atoms with Crippen molar-refractivity contribution in [1.82, 2.24) is 0 Å². The molecule has 4 heteroatoms. The van der Waals surface area contributed by atoms with Crippen molar-refractivity contribution in [2.75, 3.05) is 7.11 Å². The minimum Gasteiger partial charge on any atom is -0.469 e. The number of hydrogen-bond donors (Lipinski definition) is 0. The van der Waals surface area contributed by atoms with Gasteiger partial charge in [-0.25, -0.2) is 0 Å². The van der Waals surface area contributed by atoms with E-state index in [0.29, 0.717) is 0 Å². The summed E-state index contributed by atoms with van der Waals surface area (Å²) in [5.74, 6) is -0.102. The van der Waals surface area contributed by atoms with Crippen molar-refractivity contribution in [3.8, 4) is 0 Å². The summed E-state index contributed by atoms with van der Waals surface area (Å²) in [6, 6.07) is 23.8. The van der Waals surface area contributed by atoms with E-state index < -0.39 is 8.32 Å². The molecule has 2 fully saturated rings. The summed E-state index contributed by atoms with van der Waals surface area (Å²) in [5.41, 5.74) is 2.43. The smallest absolute Gasteiger partial charge is 0.307 e. The van der Waals surface area contributed by atoms with Crippen molar-refractivity contribution in [3.05, 3.63) is 71.8 Å². The van der Waals surface area contributed by atoms with E-state index in [1.807, 2.05) is 6.92 Å². The monoisotopic (exact) mass is 394 g/mol. The highest BCUT2D eigenvalue weighted by atomic mass is 28.4. The van der Waals surface area contributed by atoms with Crippen LogP contribution in [-0.2, 0) is 19.4 Å². The molecule has 3 nitrogen and oxygen atoms in total. The van der Waals surface area contributed by atoms with Crippen LogP contribution in [0, 0.1) is 0 Å². The van der Waals surface area contributed by atoms with Crippen LogP contribution in [0.2, 0.25) is 17.6 Å². The molecule has 1 saturated carbocycles. The summed E-state index contributed by atoms with van der Waals surface area (Å²) in [6.07, 6.45) is 4.57. The molecule has 4 rings (SSSR count). The van der Waals surface area contributed by atoms with Gasteiger partial charge < -0.3 is 9.16 Å². The molecule has 148 valence electrons. The molecule has 0 N–H and O–H groups in total. The molecule has 0 spiro atoms. The van der Waals surface area contributed by atoms with Crippen LogP contribution in [0.4, 0.5) is 0 Å². The summed E-state index contributed by atoms with van der Waals surface area (Å²) in [7, 11) is -0.631. The molecular weight excluding hydrogens is 364 g/mol. The summed E-state index contributed by atoms with van der Waals surface area (Å²) in [4.78, 5) is 12.4. The SMILES string of the molecule is COC(=O)C(C)[Si]1(OC2CCCC2(c2ccccc2)c2ccccc2)CCC1. The average Bonchev–Trinajstić information content (AvgIpc) is 3.15. The zero-order chi connectivity index (χ0) is 19.6. The van der Waals surface area contributed by atoms with Gasteiger partial charge in [0.25, 0.3) is 0 Å². The van der Waals surface area contributed by atoms with Gasteiger partial charge in [0.2, 0.25) is 8.32 Å². The Hall–Kier alpha value is -1.91. The molecule has 2 aliphatic rings. The number of hydrogen-bond acceptors (Lipinski definition) is 3. The molecule has 1 aliphatic carbocycles. The fourth-order valence-corrected chi connectivity index (χ4v) is 9.07. The van der Waals surface area contributed by atoms with E-state index in [2.05, 4.69) is 60.7 Å². The van der Waals surface area contributed by atoms with E-state index in [1.165, 1.54) is 24.7 Å². The van der Waals surface area contributed by atoms with Gasteiger partial charge in [-0.15, -0.1) is 0 Å². The number of carbonyl (C=O) groups is 1. The quantitative estimate of drug-likeness (QED) is 0.482. The largest absolute Gasteiger partial charge is 0.469 e. The second-order valence-corrected chi connectivity index (χ2v) is 12.6. The Morgan fingerprint density at radius 3 is 2.04 bits per heavy atom. The predicted octanol–water partition coefficient (Wildman–Crippen LogP) is 5.45. The zero-order valence-corrected chi connectivity index (χ0v) is 17.9. The third kappa shape index (κ3) is 3.13. The van der Waals surface area contributed by atoms with Crippen molar-refractivity contribution in [1.29, 1.82) is 0 Å². The van der Waals surface area contributed by atoms with Crippen LogP contribution >= 0.6 is 0 Å². The Kier molecular flexibility index (Phi) is 5.43. The molecule has 0 bridgehead atoms. The van der Waals surface area contributed by atoms with Crippen molar-refractivity contribution in [2.45, 2.75) is 61.8 Å². The molecule has 28 heavy (non-hydrogen) atoms. The number of benzene rings is 2. The van der Waals surface area contributed by atoms with Gasteiger partial charge in [-0.3, -0.25) is 4.79 Å². The number of rotatable bonds is 6. The summed E-state index contributed by atoms with van der Waals surface area (Å²) < 4.78 is 12.2. The van der Waals surface area contributed by atoms with E-state index in [1.54, 1.807) is 0 Å². The van der Waals surface area contributed by atoms with Gasteiger partial charge in [-0.2, -0.15) is 0 Å². The maximum Gasteiger partial charge on any atom is 0.307 e. The van der Waals surface area contributed by atoms with Gasteiger partial charge >= 0.3 is 5.97 Å². The van der Waals surface area contributed by atoms with E-state index in [-0.39, 0.29) is 23.0 Å². The molecular formula is C24H30O3Si. The Balaban J connectivity index is 1.74. The van der Waals surface area contributed by atoms with E-state index in [4.69, 9.17) is 9.16 Å². The fraction of sp³-hybridized carbons (Fsp3) is 0.458. The topological polar surface area (TPSA) is 35.5 Å². The van der Waals surface area contributed by atoms with Crippen molar-refractivity contribution in [2.24, 2.45) is 0 Å². The number of esters is 1. The van der Waals surface area contributed by atoms with E-state index in [0.717, 1.165) is 31.4 Å². The van der Waals surface area contributed by atoms with Crippen LogP contribution in [-0.4, -0.2) is 27.5 Å². The molecule has 0 amide bonds. The van der Waals surface area contributed by atoms with Crippen LogP contribution in [0.15, 0.2) is 60.7 Å². The summed E-state index contributed by atoms with van der Waals surface area (Å²) in [5, 5.41) is 0. The average molecular weight is 395 g/mol. The lowest BCUT2D eigenvalue weighted by molar-refractivity contribution is -0.140. The van der Waals surface area contributed by atoms with Gasteiger partial charge in [0.05, 0.1) is 18.8 Å². The van der Waals surface area contributed by atoms with Crippen LogP contribution in [0.25, 0.3) is 0 Å². The van der Waals surface area contributed by atoms with Gasteiger partial charge in [0.15, 0.2) is 0 Å². The molecule has 2 atom stereocenters. The van der Waals surface area contributed by atoms with Crippen molar-refractivity contribution >= 4 is 14.3 Å². The third-order valence-corrected chi connectivity index (χ3v) is 12.1. The molecule has 2 unspecified atom stereocenters. The van der Waals surface area contributed by atoms with Crippen molar-refractivity contribution < 1.29 is 14.0 Å². The third-order valence-electron chi connectivity index (χ3n) is 7.09. The first kappa shape index (κ1) is 19.4. The maximum atomic E-state index is 12.4. The lowest BCUT2D eigenvalue weighted by Gasteiger charge is -2.48. The second-order valence-electron chi connectivity index (χ2n) is 8.37. The Labute approximate surface area is 169 Å². The lowest BCUT2D eigenvalue weighted by atomic mass is 9.71. The number of methoxy groups -OCH3 is 1. The molecule has 1 aliphatic heterocycles. The minimum atomic E-state index is -2.12. The Morgan fingerprint density at radius 2 is 1.57 bits per heavy atom. The Bertz CT molecular complexity index is 762. The molecule has 0 radical (unpaired) electrons. The van der Waals surface area contributed by atoms with Gasteiger partial charge in [0, 0.05) is 5.41 Å². The molecule has 2 aromatic carbocycles. The van der Waals surface area contributed by atoms with Gasteiger partial charge in [0.1, 0.15) is 0 Å². The standard InChI is InChI=1S/C24H30O3Si/c1-19(23(25)26-2)28(17-10-18-28)27-22-15-9-16-24(22,20-11-5-3-6-12-20)21-13-7-4-8-14-21/h3-8,11-14,19,22H,9-10,15-18H2,1-2H3. The van der Waals surface area contributed by atoms with Crippen LogP contribution in [0.3, 0.4) is 0 Å². The molecule has 1 saturated heterocycles. The number of ether oxygens (including phenoxy) is 1. The summed E-state index contributed by atoms with van der Waals surface area (Å²) >= 11 is 0. The lowest BCUT2D eigenvalue weighted by Crippen LogP contribution is -2.56. The molecule has 2 aromatic rings. The first-order valence-electron chi connectivity index (χ1n) is 10.5. The highest BCUT2D eigenvalue weighted by Crippen LogP contribution is 2.52. The maximum absolute atomic E-state index is 12.4. The fourth-order valence-electron chi connectivity index (χ4n) is 5.28. The predicted molar refractivity (Wildman–Crippen MR) is 114 cm³/mol. The highest BCUT2D eigenvalue weighted by Gasteiger charge is 2.56. The van der Waals surface area contributed by atoms with Gasteiger partial charge in [-0.05, 0) is 42.5 Å². The van der Waals surface area contributed by atoms with Gasteiger partial charge in [-0.1, -0.05) is 74.0 Å². The van der Waals surface area contributed by atoms with Crippen LogP contribution in [0.5, 0.6) is 0 Å². The number of carbonyl (C=O) groups excluding carboxylic acids is 1. The zero-order valence-electron chi connectivity index (χ0n) is 16.9. The highest BCUT2D eigenvalue weighted by molar-refractivity contribution is 6.80. The Morgan fingerprint density at radius 1 is 1.00 bits per heavy atom. The van der Waals surface area contributed by atoms with Crippen LogP contribution < -0.4 is 0 Å². The van der Waals surface area contributed by atoms with Crippen molar-refractivity contribution in [3.63, 3.8) is 0 Å². The molecule has 0 aromatic heterocycles. The normalized spacial score (nSPS) is 23.6. The second kappa shape index (κ2) is 7.84. The van der Waals surface area contributed by atoms with E-state index >= 15 is 0 Å². The minimum absolute atomic E-state index is 0.101.